The minimum Gasteiger partial charge on any atom is -0.480 e. The molecule has 1 heterocycles. The Balaban J connectivity index is 1.50. The summed E-state index contributed by atoms with van der Waals surface area (Å²) in [7, 11) is 0. The van der Waals surface area contributed by atoms with Crippen molar-refractivity contribution in [2.24, 2.45) is 5.41 Å². The third-order valence-corrected chi connectivity index (χ3v) is 3.31. The summed E-state index contributed by atoms with van der Waals surface area (Å²) in [4.78, 5) is 12.5. The van der Waals surface area contributed by atoms with Crippen LogP contribution in [0.15, 0.2) is 0 Å². The topological polar surface area (TPSA) is 49.8 Å². The van der Waals surface area contributed by atoms with Crippen molar-refractivity contribution < 1.29 is 14.6 Å². The van der Waals surface area contributed by atoms with Gasteiger partial charge in [-0.25, -0.2) is 4.79 Å². The molecule has 80 valence electrons. The van der Waals surface area contributed by atoms with Crippen molar-refractivity contribution in [2.45, 2.75) is 19.3 Å². The van der Waals surface area contributed by atoms with Crippen LogP contribution in [0.4, 0.5) is 0 Å². The summed E-state index contributed by atoms with van der Waals surface area (Å²) < 4.78 is 4.98. The van der Waals surface area contributed by atoms with Crippen LogP contribution in [0.5, 0.6) is 0 Å². The van der Waals surface area contributed by atoms with Gasteiger partial charge in [0.15, 0.2) is 0 Å². The van der Waals surface area contributed by atoms with E-state index >= 15 is 0 Å². The molecule has 0 aromatic carbocycles. The van der Waals surface area contributed by atoms with Gasteiger partial charge in [0.1, 0.15) is 6.61 Å². The lowest BCUT2D eigenvalue weighted by atomic mass is 9.63. The van der Waals surface area contributed by atoms with Crippen LogP contribution in [-0.2, 0) is 9.53 Å². The van der Waals surface area contributed by atoms with Gasteiger partial charge in [0.25, 0.3) is 0 Å². The van der Waals surface area contributed by atoms with E-state index in [0.29, 0.717) is 12.0 Å². The predicted octanol–water partition coefficient (Wildman–Crippen LogP) is 0.573. The fraction of sp³-hybridized carbons (Fsp3) is 0.900. The SMILES string of the molecule is O=C(O)COCCN1CC2(CCC2)C1. The monoisotopic (exact) mass is 199 g/mol. The number of carbonyl (C=O) groups is 1. The Kier molecular flexibility index (Phi) is 2.74. The average Bonchev–Trinajstić information content (AvgIpc) is 1.96. The highest BCUT2D eigenvalue weighted by Crippen LogP contribution is 2.47. The molecule has 0 amide bonds. The zero-order chi connectivity index (χ0) is 10.0. The second-order valence-corrected chi connectivity index (χ2v) is 4.51. The molecule has 1 spiro atoms. The maximum Gasteiger partial charge on any atom is 0.329 e. The predicted molar refractivity (Wildman–Crippen MR) is 51.2 cm³/mol. The summed E-state index contributed by atoms with van der Waals surface area (Å²) in [6, 6.07) is 0. The van der Waals surface area contributed by atoms with E-state index in [1.54, 1.807) is 0 Å². The molecule has 4 nitrogen and oxygen atoms in total. The first kappa shape index (κ1) is 9.93. The lowest BCUT2D eigenvalue weighted by Gasteiger charge is -2.56. The summed E-state index contributed by atoms with van der Waals surface area (Å²) in [6.07, 6.45) is 4.17. The number of carboxylic acid groups (broad SMARTS) is 1. The molecule has 0 unspecified atom stereocenters. The maximum atomic E-state index is 10.1. The van der Waals surface area contributed by atoms with Gasteiger partial charge in [-0.3, -0.25) is 4.90 Å². The normalized spacial score (nSPS) is 24.3. The quantitative estimate of drug-likeness (QED) is 0.658. The molecule has 1 saturated heterocycles. The standard InChI is InChI=1S/C10H17NO3/c12-9(13)6-14-5-4-11-7-10(8-11)2-1-3-10/h1-8H2,(H,12,13). The molecule has 0 atom stereocenters. The number of likely N-dealkylation sites (tertiary alicyclic amines) is 1. The molecule has 1 saturated carbocycles. The third kappa shape index (κ3) is 2.07. The summed E-state index contributed by atoms with van der Waals surface area (Å²) in [5, 5.41) is 8.34. The van der Waals surface area contributed by atoms with E-state index in [9.17, 15) is 4.79 Å². The second-order valence-electron chi connectivity index (χ2n) is 4.51. The molecule has 0 aromatic rings. The number of hydrogen-bond donors (Lipinski definition) is 1. The Morgan fingerprint density at radius 2 is 2.14 bits per heavy atom. The van der Waals surface area contributed by atoms with E-state index in [2.05, 4.69) is 4.90 Å². The molecule has 1 aliphatic heterocycles. The number of rotatable bonds is 5. The molecule has 2 aliphatic rings. The van der Waals surface area contributed by atoms with E-state index in [-0.39, 0.29) is 6.61 Å². The van der Waals surface area contributed by atoms with Gasteiger partial charge in [0.05, 0.1) is 6.61 Å². The summed E-state index contributed by atoms with van der Waals surface area (Å²) >= 11 is 0. The molecular weight excluding hydrogens is 182 g/mol. The van der Waals surface area contributed by atoms with Crippen molar-refractivity contribution in [1.82, 2.24) is 4.90 Å². The van der Waals surface area contributed by atoms with E-state index in [4.69, 9.17) is 9.84 Å². The van der Waals surface area contributed by atoms with Crippen LogP contribution in [0.2, 0.25) is 0 Å². The number of carboxylic acids is 1. The van der Waals surface area contributed by atoms with Crippen molar-refractivity contribution in [3.05, 3.63) is 0 Å². The van der Waals surface area contributed by atoms with E-state index in [0.717, 1.165) is 6.54 Å². The Morgan fingerprint density at radius 1 is 1.43 bits per heavy atom. The van der Waals surface area contributed by atoms with Gasteiger partial charge >= 0.3 is 5.97 Å². The second kappa shape index (κ2) is 3.87. The molecule has 1 aliphatic carbocycles. The first-order chi connectivity index (χ1) is 6.70. The molecule has 0 bridgehead atoms. The highest BCUT2D eigenvalue weighted by Gasteiger charge is 2.46. The minimum absolute atomic E-state index is 0.168. The van der Waals surface area contributed by atoms with Crippen molar-refractivity contribution in [3.63, 3.8) is 0 Å². The van der Waals surface area contributed by atoms with Gasteiger partial charge in [-0.15, -0.1) is 0 Å². The summed E-state index contributed by atoms with van der Waals surface area (Å²) in [5.74, 6) is -0.885. The van der Waals surface area contributed by atoms with Crippen LogP contribution in [0.25, 0.3) is 0 Å². The number of hydrogen-bond acceptors (Lipinski definition) is 3. The average molecular weight is 199 g/mol. The molecule has 2 fully saturated rings. The first-order valence-corrected chi connectivity index (χ1v) is 5.22. The first-order valence-electron chi connectivity index (χ1n) is 5.22. The van der Waals surface area contributed by atoms with Crippen LogP contribution in [0.3, 0.4) is 0 Å². The van der Waals surface area contributed by atoms with Crippen LogP contribution < -0.4 is 0 Å². The van der Waals surface area contributed by atoms with Crippen molar-refractivity contribution in [1.29, 1.82) is 0 Å². The molecule has 1 N–H and O–H groups in total. The number of aliphatic carboxylic acids is 1. The van der Waals surface area contributed by atoms with Crippen LogP contribution in [0.1, 0.15) is 19.3 Å². The lowest BCUT2D eigenvalue weighted by molar-refractivity contribution is -0.143. The zero-order valence-electron chi connectivity index (χ0n) is 8.37. The Bertz CT molecular complexity index is 217. The van der Waals surface area contributed by atoms with E-state index in [1.807, 2.05) is 0 Å². The van der Waals surface area contributed by atoms with Gasteiger partial charge in [0.2, 0.25) is 0 Å². The largest absolute Gasteiger partial charge is 0.480 e. The van der Waals surface area contributed by atoms with Crippen molar-refractivity contribution in [2.75, 3.05) is 32.8 Å². The molecule has 0 radical (unpaired) electrons. The highest BCUT2D eigenvalue weighted by atomic mass is 16.5. The van der Waals surface area contributed by atoms with Gasteiger partial charge in [-0.05, 0) is 18.3 Å². The Hall–Kier alpha value is -0.610. The number of nitrogens with zero attached hydrogens (tertiary/aromatic N) is 1. The molecule has 14 heavy (non-hydrogen) atoms. The smallest absolute Gasteiger partial charge is 0.329 e. The van der Waals surface area contributed by atoms with Gasteiger partial charge in [-0.1, -0.05) is 6.42 Å². The fourth-order valence-electron chi connectivity index (χ4n) is 2.41. The van der Waals surface area contributed by atoms with E-state index < -0.39 is 5.97 Å². The number of ether oxygens (including phenoxy) is 1. The van der Waals surface area contributed by atoms with Crippen LogP contribution in [0, 0.1) is 5.41 Å². The van der Waals surface area contributed by atoms with Crippen LogP contribution in [-0.4, -0.2) is 48.8 Å². The van der Waals surface area contributed by atoms with E-state index in [1.165, 1.54) is 32.4 Å². The molecule has 4 heteroatoms. The Labute approximate surface area is 83.8 Å². The van der Waals surface area contributed by atoms with Crippen LogP contribution >= 0.6 is 0 Å². The summed E-state index contributed by atoms with van der Waals surface area (Å²) in [5.41, 5.74) is 0.660. The van der Waals surface area contributed by atoms with Crippen molar-refractivity contribution >= 4 is 5.97 Å². The fourth-order valence-corrected chi connectivity index (χ4v) is 2.41. The highest BCUT2D eigenvalue weighted by molar-refractivity contribution is 5.67. The minimum atomic E-state index is -0.885. The zero-order valence-corrected chi connectivity index (χ0v) is 8.37. The lowest BCUT2D eigenvalue weighted by Crippen LogP contribution is -2.60. The van der Waals surface area contributed by atoms with Gasteiger partial charge in [0, 0.05) is 19.6 Å². The molecule has 2 rings (SSSR count). The van der Waals surface area contributed by atoms with Gasteiger partial charge in [-0.2, -0.15) is 0 Å². The Morgan fingerprint density at radius 3 is 2.64 bits per heavy atom. The maximum absolute atomic E-state index is 10.1. The van der Waals surface area contributed by atoms with Crippen molar-refractivity contribution in [3.8, 4) is 0 Å². The summed E-state index contributed by atoms with van der Waals surface area (Å²) in [6.45, 7) is 3.66. The van der Waals surface area contributed by atoms with Gasteiger partial charge < -0.3 is 9.84 Å². The third-order valence-electron chi connectivity index (χ3n) is 3.31. The molecular formula is C10H17NO3. The molecule has 0 aromatic heterocycles.